The van der Waals surface area contributed by atoms with E-state index in [4.69, 9.17) is 0 Å². The van der Waals surface area contributed by atoms with Gasteiger partial charge in [0.1, 0.15) is 5.52 Å². The van der Waals surface area contributed by atoms with E-state index in [9.17, 15) is 10.2 Å². The van der Waals surface area contributed by atoms with Gasteiger partial charge in [-0.2, -0.15) is 10.1 Å². The predicted octanol–water partition coefficient (Wildman–Crippen LogP) is 2.67. The van der Waals surface area contributed by atoms with Crippen LogP contribution in [0.5, 0.6) is 11.5 Å². The number of phenols is 2. The zero-order valence-electron chi connectivity index (χ0n) is 13.2. The maximum Gasteiger partial charge on any atom is 0.265 e. The molecule has 8 heteroatoms. The number of H-pyrrole nitrogens is 1. The highest BCUT2D eigenvalue weighted by Gasteiger charge is 2.08. The molecule has 25 heavy (non-hydrogen) atoms. The maximum atomic E-state index is 9.45. The van der Waals surface area contributed by atoms with E-state index in [1.807, 2.05) is 25.1 Å². The molecule has 0 radical (unpaired) electrons. The van der Waals surface area contributed by atoms with Gasteiger partial charge in [-0.1, -0.05) is 11.6 Å². The lowest BCUT2D eigenvalue weighted by molar-refractivity contribution is 0.403. The van der Waals surface area contributed by atoms with Crippen LogP contribution in [0.3, 0.4) is 0 Å². The fourth-order valence-electron chi connectivity index (χ4n) is 2.52. The molecule has 2 aromatic heterocycles. The van der Waals surface area contributed by atoms with E-state index in [2.05, 4.69) is 30.7 Å². The smallest absolute Gasteiger partial charge is 0.265 e. The van der Waals surface area contributed by atoms with Crippen LogP contribution in [0, 0.1) is 6.92 Å². The van der Waals surface area contributed by atoms with Crippen LogP contribution in [0.2, 0.25) is 0 Å². The number of hydrogen-bond acceptors (Lipinski definition) is 7. The zero-order chi connectivity index (χ0) is 17.4. The van der Waals surface area contributed by atoms with Gasteiger partial charge in [0.15, 0.2) is 17.1 Å². The Bertz CT molecular complexity index is 1120. The van der Waals surface area contributed by atoms with Crippen molar-refractivity contribution in [2.75, 3.05) is 5.43 Å². The molecule has 0 saturated carbocycles. The summed E-state index contributed by atoms with van der Waals surface area (Å²) in [5.74, 6) is -0.149. The van der Waals surface area contributed by atoms with E-state index >= 15 is 0 Å². The number of hydrazone groups is 1. The number of fused-ring (bicyclic) bond motifs is 3. The topological polar surface area (TPSA) is 119 Å². The molecule has 4 N–H and O–H groups in total. The van der Waals surface area contributed by atoms with Crippen LogP contribution in [0.25, 0.3) is 22.1 Å². The molecule has 0 aliphatic carbocycles. The molecule has 0 saturated heterocycles. The highest BCUT2D eigenvalue weighted by molar-refractivity contribution is 6.03. The summed E-state index contributed by atoms with van der Waals surface area (Å²) in [5.41, 5.74) is 6.72. The maximum absolute atomic E-state index is 9.45. The number of anilines is 1. The van der Waals surface area contributed by atoms with Crippen molar-refractivity contribution >= 4 is 34.2 Å². The quantitative estimate of drug-likeness (QED) is 0.260. The summed E-state index contributed by atoms with van der Waals surface area (Å²) in [4.78, 5) is 7.56. The van der Waals surface area contributed by atoms with Crippen LogP contribution < -0.4 is 5.43 Å². The van der Waals surface area contributed by atoms with E-state index < -0.39 is 0 Å². The van der Waals surface area contributed by atoms with Crippen LogP contribution in [-0.4, -0.2) is 36.6 Å². The molecule has 2 aromatic carbocycles. The zero-order valence-corrected chi connectivity index (χ0v) is 13.2. The molecule has 2 heterocycles. The van der Waals surface area contributed by atoms with Gasteiger partial charge in [-0.05, 0) is 42.8 Å². The predicted molar refractivity (Wildman–Crippen MR) is 94.9 cm³/mol. The van der Waals surface area contributed by atoms with Crippen molar-refractivity contribution in [1.82, 2.24) is 20.2 Å². The Morgan fingerprint density at radius 3 is 2.80 bits per heavy atom. The van der Waals surface area contributed by atoms with Crippen LogP contribution >= 0.6 is 0 Å². The molecule has 4 rings (SSSR count). The second-order valence-corrected chi connectivity index (χ2v) is 5.62. The van der Waals surface area contributed by atoms with E-state index in [1.165, 1.54) is 18.3 Å². The largest absolute Gasteiger partial charge is 0.504 e. The Morgan fingerprint density at radius 1 is 1.08 bits per heavy atom. The van der Waals surface area contributed by atoms with Crippen molar-refractivity contribution in [1.29, 1.82) is 0 Å². The summed E-state index contributed by atoms with van der Waals surface area (Å²) in [6, 6.07) is 10.4. The third-order valence-corrected chi connectivity index (χ3v) is 3.75. The van der Waals surface area contributed by atoms with Crippen molar-refractivity contribution < 1.29 is 10.2 Å². The Labute approximate surface area is 141 Å². The number of benzene rings is 2. The minimum absolute atomic E-state index is 0.183. The van der Waals surface area contributed by atoms with Crippen molar-refractivity contribution in [3.63, 3.8) is 0 Å². The van der Waals surface area contributed by atoms with E-state index in [1.54, 1.807) is 6.07 Å². The lowest BCUT2D eigenvalue weighted by Crippen LogP contribution is -1.99. The van der Waals surface area contributed by atoms with Gasteiger partial charge in [0.2, 0.25) is 0 Å². The summed E-state index contributed by atoms with van der Waals surface area (Å²) in [6.07, 6.45) is 1.47. The number of rotatable bonds is 3. The molecule has 0 fully saturated rings. The molecule has 0 unspecified atom stereocenters. The van der Waals surface area contributed by atoms with Gasteiger partial charge in [-0.25, -0.2) is 5.43 Å². The van der Waals surface area contributed by atoms with Crippen molar-refractivity contribution in [3.05, 3.63) is 47.5 Å². The van der Waals surface area contributed by atoms with E-state index in [-0.39, 0.29) is 17.4 Å². The third kappa shape index (κ3) is 2.80. The molecular weight excluding hydrogens is 320 g/mol. The highest BCUT2D eigenvalue weighted by atomic mass is 16.3. The molecule has 124 valence electrons. The normalized spacial score (nSPS) is 11.6. The lowest BCUT2D eigenvalue weighted by atomic mass is 10.2. The third-order valence-electron chi connectivity index (χ3n) is 3.75. The van der Waals surface area contributed by atoms with Crippen molar-refractivity contribution in [2.24, 2.45) is 5.10 Å². The summed E-state index contributed by atoms with van der Waals surface area (Å²) in [6.45, 7) is 2.02. The second kappa shape index (κ2) is 5.75. The van der Waals surface area contributed by atoms with Gasteiger partial charge in [-0.3, -0.25) is 0 Å². The number of hydrogen-bond donors (Lipinski definition) is 4. The Balaban J connectivity index is 1.60. The highest BCUT2D eigenvalue weighted by Crippen LogP contribution is 2.24. The van der Waals surface area contributed by atoms with Gasteiger partial charge in [0.25, 0.3) is 5.95 Å². The molecular formula is C17H14N6O2. The molecule has 0 aliphatic rings. The first kappa shape index (κ1) is 14.9. The standard InChI is InChI=1S/C17H14N6O2/c1-9-2-4-12-11(6-9)15-16(19-12)20-17(23-21-15)22-18-8-10-3-5-13(24)14(25)7-10/h2-8,24-25H,1H3,(H2,19,20,22,23). The second-order valence-electron chi connectivity index (χ2n) is 5.62. The number of aromatic nitrogens is 4. The Morgan fingerprint density at radius 2 is 1.96 bits per heavy atom. The number of phenolic OH excluding ortho intramolecular Hbond substituents is 2. The summed E-state index contributed by atoms with van der Waals surface area (Å²) < 4.78 is 0. The summed E-state index contributed by atoms with van der Waals surface area (Å²) >= 11 is 0. The lowest BCUT2D eigenvalue weighted by Gasteiger charge is -1.99. The van der Waals surface area contributed by atoms with Gasteiger partial charge in [-0.15, -0.1) is 10.2 Å². The molecule has 4 aromatic rings. The van der Waals surface area contributed by atoms with Crippen molar-refractivity contribution in [3.8, 4) is 11.5 Å². The number of nitrogens with zero attached hydrogens (tertiary/aromatic N) is 4. The number of aryl methyl sites for hydroxylation is 1. The first-order valence-electron chi connectivity index (χ1n) is 7.54. The first-order valence-corrected chi connectivity index (χ1v) is 7.54. The van der Waals surface area contributed by atoms with Crippen LogP contribution in [-0.2, 0) is 0 Å². The van der Waals surface area contributed by atoms with Gasteiger partial charge >= 0.3 is 0 Å². The molecule has 0 amide bonds. The van der Waals surface area contributed by atoms with Gasteiger partial charge in [0.05, 0.1) is 6.21 Å². The van der Waals surface area contributed by atoms with Gasteiger partial charge < -0.3 is 15.2 Å². The molecule has 0 atom stereocenters. The first-order chi connectivity index (χ1) is 12.1. The Hall–Kier alpha value is -3.68. The van der Waals surface area contributed by atoms with Crippen molar-refractivity contribution in [2.45, 2.75) is 6.92 Å². The molecule has 0 spiro atoms. The number of aromatic amines is 1. The monoisotopic (exact) mass is 334 g/mol. The van der Waals surface area contributed by atoms with Crippen LogP contribution in [0.4, 0.5) is 5.95 Å². The fraction of sp³-hybridized carbons (Fsp3) is 0.0588. The fourth-order valence-corrected chi connectivity index (χ4v) is 2.52. The minimum atomic E-state index is -0.211. The minimum Gasteiger partial charge on any atom is -0.504 e. The molecule has 0 aliphatic heterocycles. The number of nitrogens with one attached hydrogen (secondary N) is 2. The summed E-state index contributed by atoms with van der Waals surface area (Å²) in [5, 5.41) is 32.0. The van der Waals surface area contributed by atoms with Gasteiger partial charge in [0, 0.05) is 10.9 Å². The number of aromatic hydroxyl groups is 2. The molecule has 8 nitrogen and oxygen atoms in total. The van der Waals surface area contributed by atoms with Crippen LogP contribution in [0.15, 0.2) is 41.5 Å². The van der Waals surface area contributed by atoms with E-state index in [0.717, 1.165) is 16.5 Å². The van der Waals surface area contributed by atoms with Crippen LogP contribution in [0.1, 0.15) is 11.1 Å². The Kier molecular flexibility index (Phi) is 3.42. The average Bonchev–Trinajstić information content (AvgIpc) is 2.95. The summed E-state index contributed by atoms with van der Waals surface area (Å²) in [7, 11) is 0. The van der Waals surface area contributed by atoms with E-state index in [0.29, 0.717) is 16.7 Å². The molecule has 0 bridgehead atoms. The SMILES string of the molecule is Cc1ccc2[nH]c3nc(NN=Cc4ccc(O)c(O)c4)nnc3c2c1. The average molecular weight is 334 g/mol.